The van der Waals surface area contributed by atoms with Gasteiger partial charge in [-0.1, -0.05) is 0 Å². The van der Waals surface area contributed by atoms with E-state index in [0.717, 1.165) is 0 Å². The zero-order chi connectivity index (χ0) is 11.8. The van der Waals surface area contributed by atoms with Crippen molar-refractivity contribution in [3.8, 4) is 11.5 Å². The molecule has 9 heteroatoms. The van der Waals surface area contributed by atoms with Crippen molar-refractivity contribution in [2.24, 2.45) is 0 Å². The maximum absolute atomic E-state index is 10.8. The molecule has 0 atom stereocenters. The number of aromatic hydroxyl groups is 2. The number of nitrogens with zero attached hydrogens (tertiary/aromatic N) is 1. The summed E-state index contributed by atoms with van der Waals surface area (Å²) in [5.41, 5.74) is -0.868. The van der Waals surface area contributed by atoms with Crippen LogP contribution in [-0.4, -0.2) is 37.5 Å². The van der Waals surface area contributed by atoms with Gasteiger partial charge >= 0.3 is 85.0 Å². The fourth-order valence-electron chi connectivity index (χ4n) is 0.934. The van der Waals surface area contributed by atoms with Crippen LogP contribution in [0.5, 0.6) is 11.5 Å². The number of phenolic OH excluding ortho intramolecular Hbond substituents is 2. The molecule has 0 spiro atoms. The monoisotopic (exact) mass is 279 g/mol. The van der Waals surface area contributed by atoms with Crippen LogP contribution >= 0.6 is 0 Å². The fraction of sp³-hybridized carbons (Fsp3) is 0. The van der Waals surface area contributed by atoms with Crippen LogP contribution < -0.4 is 4.35 Å². The summed E-state index contributed by atoms with van der Waals surface area (Å²) in [5, 5.41) is 28.4. The summed E-state index contributed by atoms with van der Waals surface area (Å²) in [4.78, 5) is 9.32. The Labute approximate surface area is 85.6 Å². The van der Waals surface area contributed by atoms with E-state index in [-0.39, 0.29) is 0 Å². The Morgan fingerprint density at radius 1 is 1.20 bits per heavy atom. The second-order valence-electron chi connectivity index (χ2n) is 2.63. The van der Waals surface area contributed by atoms with E-state index in [4.69, 9.17) is 18.4 Å². The van der Waals surface area contributed by atoms with Crippen LogP contribution in [-0.2, 0) is 3.74 Å². The van der Waals surface area contributed by atoms with Gasteiger partial charge in [0.25, 0.3) is 0 Å². The molecule has 1 rings (SSSR count). The van der Waals surface area contributed by atoms with Gasteiger partial charge in [0.05, 0.1) is 0 Å². The molecule has 1 aromatic carbocycles. The van der Waals surface area contributed by atoms with Crippen LogP contribution in [0.25, 0.3) is 0 Å². The van der Waals surface area contributed by atoms with E-state index in [1.807, 2.05) is 0 Å². The second-order valence-corrected chi connectivity index (χ2v) is 5.92. The van der Waals surface area contributed by atoms with Crippen molar-refractivity contribution in [3.05, 3.63) is 22.2 Å². The van der Waals surface area contributed by atoms with Crippen LogP contribution in [0, 0.1) is 10.1 Å². The van der Waals surface area contributed by atoms with E-state index in [0.29, 0.717) is 12.1 Å². The number of hydrogen-bond donors (Lipinski definition) is 4. The number of benzene rings is 1. The summed E-state index contributed by atoms with van der Waals surface area (Å²) in [6, 6.07) is 0.985. The Morgan fingerprint density at radius 3 is 2.13 bits per heavy atom. The molecule has 4 N–H and O–H groups in total. The summed E-state index contributed by atoms with van der Waals surface area (Å²) in [6.45, 7) is 0. The Morgan fingerprint density at radius 2 is 1.73 bits per heavy atom. The SMILES string of the molecule is O=[N+]([O-])c1cc([As](=O)(O)O)c(O)cc1O. The van der Waals surface area contributed by atoms with Crippen LogP contribution in [0.1, 0.15) is 0 Å². The molecule has 1 aromatic rings. The van der Waals surface area contributed by atoms with Gasteiger partial charge in [-0.3, -0.25) is 0 Å². The molecule has 0 heterocycles. The van der Waals surface area contributed by atoms with Crippen molar-refractivity contribution in [2.45, 2.75) is 0 Å². The maximum atomic E-state index is 10.8. The Hall–Kier alpha value is -1.50. The van der Waals surface area contributed by atoms with E-state index >= 15 is 0 Å². The predicted octanol–water partition coefficient (Wildman–Crippen LogP) is -1.43. The molecular weight excluding hydrogens is 273 g/mol. The minimum atomic E-state index is -5.43. The van der Waals surface area contributed by atoms with Crippen LogP contribution in [0.4, 0.5) is 5.69 Å². The molecule has 0 aliphatic carbocycles. The third-order valence-electron chi connectivity index (χ3n) is 1.58. The molecule has 82 valence electrons. The van der Waals surface area contributed by atoms with Gasteiger partial charge in [0.15, 0.2) is 0 Å². The van der Waals surface area contributed by atoms with E-state index in [1.54, 1.807) is 0 Å². The zero-order valence-electron chi connectivity index (χ0n) is 7.06. The van der Waals surface area contributed by atoms with Crippen molar-refractivity contribution < 1.29 is 27.1 Å². The molecule has 0 radical (unpaired) electrons. The summed E-state index contributed by atoms with van der Waals surface area (Å²) in [6.07, 6.45) is 0. The van der Waals surface area contributed by atoms with E-state index in [1.165, 1.54) is 0 Å². The first-order valence-corrected chi connectivity index (χ1v) is 6.88. The molecule has 0 bridgehead atoms. The van der Waals surface area contributed by atoms with Crippen molar-refractivity contribution in [2.75, 3.05) is 0 Å². The first kappa shape index (κ1) is 11.6. The Bertz CT molecular complexity index is 465. The number of phenols is 2. The molecular formula is C6H6AsNO7. The predicted molar refractivity (Wildman–Crippen MR) is 46.9 cm³/mol. The van der Waals surface area contributed by atoms with E-state index < -0.39 is 40.6 Å². The van der Waals surface area contributed by atoms with Gasteiger partial charge in [0.1, 0.15) is 0 Å². The topological polar surface area (TPSA) is 141 Å². The molecule has 0 saturated carbocycles. The molecule has 8 nitrogen and oxygen atoms in total. The third-order valence-corrected chi connectivity index (χ3v) is 3.65. The first-order chi connectivity index (χ1) is 6.73. The molecule has 0 aliphatic rings. The molecule has 0 unspecified atom stereocenters. The molecule has 0 aromatic heterocycles. The Kier molecular flexibility index (Phi) is 2.76. The first-order valence-electron chi connectivity index (χ1n) is 3.50. The number of hydrogen-bond acceptors (Lipinski definition) is 5. The average molecular weight is 279 g/mol. The van der Waals surface area contributed by atoms with Crippen LogP contribution in [0.2, 0.25) is 0 Å². The molecule has 0 fully saturated rings. The summed E-state index contributed by atoms with van der Waals surface area (Å²) >= 11 is -5.43. The Balaban J connectivity index is 3.50. The summed E-state index contributed by atoms with van der Waals surface area (Å²) in [7, 11) is 0. The van der Waals surface area contributed by atoms with Crippen LogP contribution in [0.15, 0.2) is 12.1 Å². The average Bonchev–Trinajstić information content (AvgIpc) is 2.00. The van der Waals surface area contributed by atoms with Gasteiger partial charge in [0.2, 0.25) is 0 Å². The molecule has 0 aliphatic heterocycles. The van der Waals surface area contributed by atoms with Gasteiger partial charge in [-0.15, -0.1) is 0 Å². The fourth-order valence-corrected chi connectivity index (χ4v) is 2.31. The third kappa shape index (κ3) is 2.30. The van der Waals surface area contributed by atoms with E-state index in [9.17, 15) is 13.9 Å². The standard InChI is InChI=1S/C6H6AsNO7/c9-5-2-6(10)4(8(14)15)1-3(5)7(11,12)13/h1-2,9-10H,(H2,11,12,13). The summed E-state index contributed by atoms with van der Waals surface area (Å²) < 4.78 is 27.5. The normalized spacial score (nSPS) is 11.3. The van der Waals surface area contributed by atoms with Gasteiger partial charge in [-0.25, -0.2) is 0 Å². The summed E-state index contributed by atoms with van der Waals surface area (Å²) in [5.74, 6) is -1.73. The van der Waals surface area contributed by atoms with Crippen molar-refractivity contribution in [3.63, 3.8) is 0 Å². The van der Waals surface area contributed by atoms with Crippen LogP contribution in [0.3, 0.4) is 0 Å². The number of rotatable bonds is 2. The molecule has 0 saturated heterocycles. The van der Waals surface area contributed by atoms with E-state index in [2.05, 4.69) is 0 Å². The zero-order valence-corrected chi connectivity index (χ0v) is 8.94. The van der Waals surface area contributed by atoms with Gasteiger partial charge < -0.3 is 0 Å². The quantitative estimate of drug-likeness (QED) is 0.295. The second kappa shape index (κ2) is 3.58. The number of nitro benzene ring substituents is 1. The van der Waals surface area contributed by atoms with Gasteiger partial charge in [-0.2, -0.15) is 0 Å². The van der Waals surface area contributed by atoms with Gasteiger partial charge in [-0.05, 0) is 0 Å². The van der Waals surface area contributed by atoms with Crippen molar-refractivity contribution in [1.29, 1.82) is 0 Å². The van der Waals surface area contributed by atoms with Crippen molar-refractivity contribution in [1.82, 2.24) is 0 Å². The minimum absolute atomic E-state index is 0.463. The number of nitro groups is 1. The van der Waals surface area contributed by atoms with Gasteiger partial charge in [0, 0.05) is 0 Å². The molecule has 0 amide bonds. The molecule has 15 heavy (non-hydrogen) atoms. The van der Waals surface area contributed by atoms with Crippen molar-refractivity contribution >= 4 is 24.2 Å².